The standard InChI is InChI=1S/C21H27FN2O2S/c1-17-15-20(7-8-21(17)22)27(25,26)23-16-19-10-13-24(14-11-19)12-9-18-5-3-2-4-6-18/h2-8,15,19,23H,9-14,16H2,1H3. The number of aryl methyl sites for hydroxylation is 1. The Kier molecular flexibility index (Phi) is 6.63. The summed E-state index contributed by atoms with van der Waals surface area (Å²) in [4.78, 5) is 2.57. The van der Waals surface area contributed by atoms with Gasteiger partial charge < -0.3 is 4.90 Å². The van der Waals surface area contributed by atoms with Gasteiger partial charge in [-0.1, -0.05) is 30.3 Å². The van der Waals surface area contributed by atoms with E-state index in [2.05, 4.69) is 33.9 Å². The van der Waals surface area contributed by atoms with Crippen molar-refractivity contribution in [1.82, 2.24) is 9.62 Å². The second-order valence-electron chi connectivity index (χ2n) is 7.28. The van der Waals surface area contributed by atoms with Gasteiger partial charge in [-0.05, 0) is 74.5 Å². The van der Waals surface area contributed by atoms with Gasteiger partial charge in [0.25, 0.3) is 0 Å². The van der Waals surface area contributed by atoms with Crippen LogP contribution in [-0.2, 0) is 16.4 Å². The molecule has 0 unspecified atom stereocenters. The molecule has 0 bridgehead atoms. The fraction of sp³-hybridized carbons (Fsp3) is 0.429. The van der Waals surface area contributed by atoms with Gasteiger partial charge in [0, 0.05) is 13.1 Å². The van der Waals surface area contributed by atoms with E-state index in [0.717, 1.165) is 38.9 Å². The Bertz CT molecular complexity index is 848. The predicted molar refractivity (Wildman–Crippen MR) is 106 cm³/mol. The molecule has 2 aromatic rings. The van der Waals surface area contributed by atoms with E-state index in [1.165, 1.54) is 23.8 Å². The number of nitrogens with one attached hydrogen (secondary N) is 1. The third kappa shape index (κ3) is 5.61. The maximum Gasteiger partial charge on any atom is 0.240 e. The first-order chi connectivity index (χ1) is 12.9. The van der Waals surface area contributed by atoms with Gasteiger partial charge in [0.2, 0.25) is 10.0 Å². The van der Waals surface area contributed by atoms with E-state index in [1.807, 2.05) is 6.07 Å². The summed E-state index contributed by atoms with van der Waals surface area (Å²) in [6.07, 6.45) is 3.02. The molecule has 27 heavy (non-hydrogen) atoms. The van der Waals surface area contributed by atoms with Gasteiger partial charge in [0.05, 0.1) is 4.90 Å². The van der Waals surface area contributed by atoms with Crippen molar-refractivity contribution in [2.45, 2.75) is 31.1 Å². The van der Waals surface area contributed by atoms with Crippen LogP contribution in [-0.4, -0.2) is 39.5 Å². The molecule has 1 N–H and O–H groups in total. The molecule has 0 aliphatic carbocycles. The van der Waals surface area contributed by atoms with Crippen LogP contribution >= 0.6 is 0 Å². The number of nitrogens with zero attached hydrogens (tertiary/aromatic N) is 1. The van der Waals surface area contributed by atoms with Crippen LogP contribution in [0, 0.1) is 18.7 Å². The first-order valence-corrected chi connectivity index (χ1v) is 10.9. The number of sulfonamides is 1. The molecule has 3 rings (SSSR count). The van der Waals surface area contributed by atoms with Crippen molar-refractivity contribution >= 4 is 10.0 Å². The summed E-state index contributed by atoms with van der Waals surface area (Å²) in [5.74, 6) is -0.0499. The second kappa shape index (κ2) is 8.95. The maximum absolute atomic E-state index is 13.4. The Morgan fingerprint density at radius 1 is 1.11 bits per heavy atom. The van der Waals surface area contributed by atoms with Gasteiger partial charge in [0.15, 0.2) is 0 Å². The minimum absolute atomic E-state index is 0.127. The number of benzene rings is 2. The van der Waals surface area contributed by atoms with E-state index in [-0.39, 0.29) is 4.90 Å². The van der Waals surface area contributed by atoms with E-state index in [0.29, 0.717) is 18.0 Å². The first-order valence-electron chi connectivity index (χ1n) is 9.46. The van der Waals surface area contributed by atoms with E-state index in [4.69, 9.17) is 0 Å². The van der Waals surface area contributed by atoms with Crippen LogP contribution in [0.1, 0.15) is 24.0 Å². The highest BCUT2D eigenvalue weighted by Crippen LogP contribution is 2.19. The lowest BCUT2D eigenvalue weighted by atomic mass is 9.97. The van der Waals surface area contributed by atoms with Crippen LogP contribution in [0.25, 0.3) is 0 Å². The number of piperidine rings is 1. The Morgan fingerprint density at radius 2 is 1.81 bits per heavy atom. The first kappa shape index (κ1) is 20.0. The number of hydrogen-bond acceptors (Lipinski definition) is 3. The topological polar surface area (TPSA) is 49.4 Å². The highest BCUT2D eigenvalue weighted by atomic mass is 32.2. The lowest BCUT2D eigenvalue weighted by Crippen LogP contribution is -2.39. The van der Waals surface area contributed by atoms with Crippen LogP contribution < -0.4 is 4.72 Å². The SMILES string of the molecule is Cc1cc(S(=O)(=O)NCC2CCN(CCc3ccccc3)CC2)ccc1F. The van der Waals surface area contributed by atoms with Gasteiger partial charge in [-0.3, -0.25) is 0 Å². The third-order valence-electron chi connectivity index (χ3n) is 5.27. The van der Waals surface area contributed by atoms with Crippen molar-refractivity contribution in [3.05, 3.63) is 65.5 Å². The van der Waals surface area contributed by atoms with Gasteiger partial charge in [0.1, 0.15) is 5.82 Å². The van der Waals surface area contributed by atoms with E-state index >= 15 is 0 Å². The van der Waals surface area contributed by atoms with Crippen LogP contribution in [0.15, 0.2) is 53.4 Å². The molecule has 0 atom stereocenters. The monoisotopic (exact) mass is 390 g/mol. The molecule has 1 saturated heterocycles. The van der Waals surface area contributed by atoms with Crippen molar-refractivity contribution in [3.8, 4) is 0 Å². The van der Waals surface area contributed by atoms with Gasteiger partial charge in [-0.15, -0.1) is 0 Å². The summed E-state index contributed by atoms with van der Waals surface area (Å²) in [6, 6.07) is 14.4. The second-order valence-corrected chi connectivity index (χ2v) is 9.05. The number of halogens is 1. The molecule has 2 aromatic carbocycles. The molecule has 1 aliphatic heterocycles. The van der Waals surface area contributed by atoms with Crippen molar-refractivity contribution in [1.29, 1.82) is 0 Å². The predicted octanol–water partition coefficient (Wildman–Crippen LogP) is 3.37. The average molecular weight is 391 g/mol. The van der Waals surface area contributed by atoms with Crippen LogP contribution in [0.3, 0.4) is 0 Å². The molecule has 6 heteroatoms. The zero-order valence-electron chi connectivity index (χ0n) is 15.7. The molecule has 1 fully saturated rings. The summed E-state index contributed by atoms with van der Waals surface area (Å²) in [5, 5.41) is 0. The molecule has 1 aliphatic rings. The molecule has 1 heterocycles. The minimum atomic E-state index is -3.59. The van der Waals surface area contributed by atoms with Gasteiger partial charge in [-0.2, -0.15) is 0 Å². The van der Waals surface area contributed by atoms with Gasteiger partial charge in [-0.25, -0.2) is 17.5 Å². The van der Waals surface area contributed by atoms with Crippen molar-refractivity contribution in [2.75, 3.05) is 26.2 Å². The van der Waals surface area contributed by atoms with Crippen LogP contribution in [0.5, 0.6) is 0 Å². The summed E-state index contributed by atoms with van der Waals surface area (Å²) >= 11 is 0. The third-order valence-corrected chi connectivity index (χ3v) is 6.69. The Labute approximate surface area is 161 Å². The lowest BCUT2D eigenvalue weighted by Gasteiger charge is -2.32. The highest BCUT2D eigenvalue weighted by molar-refractivity contribution is 7.89. The molecule has 4 nitrogen and oxygen atoms in total. The molecule has 0 spiro atoms. The smallest absolute Gasteiger partial charge is 0.240 e. The summed E-state index contributed by atoms with van der Waals surface area (Å²) in [5.41, 5.74) is 1.69. The van der Waals surface area contributed by atoms with Crippen molar-refractivity contribution in [2.24, 2.45) is 5.92 Å². The molecule has 146 valence electrons. The highest BCUT2D eigenvalue weighted by Gasteiger charge is 2.22. The van der Waals surface area contributed by atoms with Crippen LogP contribution in [0.4, 0.5) is 4.39 Å². The fourth-order valence-electron chi connectivity index (χ4n) is 3.44. The Morgan fingerprint density at radius 3 is 2.48 bits per heavy atom. The maximum atomic E-state index is 13.4. The number of rotatable bonds is 7. The zero-order valence-corrected chi connectivity index (χ0v) is 16.5. The largest absolute Gasteiger partial charge is 0.303 e. The molecule has 0 amide bonds. The zero-order chi connectivity index (χ0) is 19.3. The molecule has 0 saturated carbocycles. The summed E-state index contributed by atoms with van der Waals surface area (Å²) < 4.78 is 40.9. The van der Waals surface area contributed by atoms with Gasteiger partial charge >= 0.3 is 0 Å². The Hall–Kier alpha value is -1.76. The van der Waals surface area contributed by atoms with Crippen LogP contribution in [0.2, 0.25) is 0 Å². The molecule has 0 radical (unpaired) electrons. The van der Waals surface area contributed by atoms with Crippen molar-refractivity contribution in [3.63, 3.8) is 0 Å². The van der Waals surface area contributed by atoms with E-state index < -0.39 is 15.8 Å². The number of hydrogen-bond donors (Lipinski definition) is 1. The molecule has 0 aromatic heterocycles. The van der Waals surface area contributed by atoms with E-state index in [1.54, 1.807) is 6.92 Å². The number of likely N-dealkylation sites (tertiary alicyclic amines) is 1. The molecular weight excluding hydrogens is 363 g/mol. The van der Waals surface area contributed by atoms with Crippen molar-refractivity contribution < 1.29 is 12.8 Å². The fourth-order valence-corrected chi connectivity index (χ4v) is 4.64. The summed E-state index contributed by atoms with van der Waals surface area (Å²) in [6.45, 7) is 5.03. The lowest BCUT2D eigenvalue weighted by molar-refractivity contribution is 0.187. The Balaban J connectivity index is 1.44. The molecular formula is C21H27FN2O2S. The summed E-state index contributed by atoms with van der Waals surface area (Å²) in [7, 11) is -3.59. The normalized spacial score (nSPS) is 16.5. The van der Waals surface area contributed by atoms with E-state index in [9.17, 15) is 12.8 Å². The average Bonchev–Trinajstić information content (AvgIpc) is 2.68. The quantitative estimate of drug-likeness (QED) is 0.789. The minimum Gasteiger partial charge on any atom is -0.303 e.